The minimum atomic E-state index is -0.0861. The van der Waals surface area contributed by atoms with Gasteiger partial charge in [-0.05, 0) is 49.1 Å². The quantitative estimate of drug-likeness (QED) is 0.539. The molecule has 0 unspecified atom stereocenters. The molecule has 1 aromatic heterocycles. The van der Waals surface area contributed by atoms with E-state index in [0.717, 1.165) is 33.9 Å². The van der Waals surface area contributed by atoms with Crippen LogP contribution in [-0.2, 0) is 11.3 Å². The van der Waals surface area contributed by atoms with Crippen molar-refractivity contribution in [3.8, 4) is 0 Å². The summed E-state index contributed by atoms with van der Waals surface area (Å²) in [5.74, 6) is 0.687. The maximum Gasteiger partial charge on any atom is 0.234 e. The largest absolute Gasteiger partial charge is 0.324 e. The zero-order valence-corrected chi connectivity index (χ0v) is 17.6. The van der Waals surface area contributed by atoms with Gasteiger partial charge in [0.2, 0.25) is 5.91 Å². The lowest BCUT2D eigenvalue weighted by Crippen LogP contribution is -2.16. The number of benzene rings is 2. The fourth-order valence-corrected chi connectivity index (χ4v) is 4.28. The molecule has 0 aliphatic heterocycles. The first-order valence-corrected chi connectivity index (χ1v) is 10.4. The Morgan fingerprint density at radius 1 is 1.26 bits per heavy atom. The van der Waals surface area contributed by atoms with Crippen LogP contribution in [0.5, 0.6) is 0 Å². The fourth-order valence-electron chi connectivity index (χ4n) is 3.08. The van der Waals surface area contributed by atoms with Gasteiger partial charge in [-0.25, -0.2) is 4.98 Å². The molecule has 3 rings (SSSR count). The van der Waals surface area contributed by atoms with Crippen molar-refractivity contribution in [2.24, 2.45) is 5.92 Å². The number of halogens is 1. The normalized spacial score (nSPS) is 11.3. The number of carbonyl (C=O) groups is 1. The Morgan fingerprint density at radius 2 is 2.00 bits per heavy atom. The summed E-state index contributed by atoms with van der Waals surface area (Å²) in [6, 6.07) is 12.0. The highest BCUT2D eigenvalue weighted by molar-refractivity contribution is 7.99. The average Bonchev–Trinajstić information content (AvgIpc) is 2.93. The van der Waals surface area contributed by atoms with Gasteiger partial charge in [-0.15, -0.1) is 0 Å². The van der Waals surface area contributed by atoms with Crippen LogP contribution >= 0.6 is 23.4 Å². The number of imidazole rings is 1. The Kier molecular flexibility index (Phi) is 6.12. The van der Waals surface area contributed by atoms with Gasteiger partial charge in [0, 0.05) is 6.54 Å². The molecule has 1 N–H and O–H groups in total. The van der Waals surface area contributed by atoms with E-state index in [1.165, 1.54) is 11.8 Å². The summed E-state index contributed by atoms with van der Waals surface area (Å²) in [7, 11) is 0. The Balaban J connectivity index is 1.76. The summed E-state index contributed by atoms with van der Waals surface area (Å²) < 4.78 is 2.20. The number of fused-ring (bicyclic) bond motifs is 1. The molecule has 0 atom stereocenters. The Hall–Kier alpha value is -1.98. The van der Waals surface area contributed by atoms with Crippen LogP contribution in [0.4, 0.5) is 5.69 Å². The molecule has 0 fully saturated rings. The van der Waals surface area contributed by atoms with Gasteiger partial charge in [-0.3, -0.25) is 4.79 Å². The average molecular weight is 402 g/mol. The predicted octanol–water partition coefficient (Wildman–Crippen LogP) is 5.69. The van der Waals surface area contributed by atoms with E-state index < -0.39 is 0 Å². The Bertz CT molecular complexity index is 958. The summed E-state index contributed by atoms with van der Waals surface area (Å²) >= 11 is 7.75. The molecule has 4 nitrogen and oxygen atoms in total. The third-order valence-corrected chi connectivity index (χ3v) is 5.47. The lowest BCUT2D eigenvalue weighted by molar-refractivity contribution is -0.113. The number of rotatable bonds is 6. The summed E-state index contributed by atoms with van der Waals surface area (Å²) in [5, 5.41) is 4.38. The molecule has 142 valence electrons. The number of nitrogens with one attached hydrogen (secondary N) is 1. The van der Waals surface area contributed by atoms with Gasteiger partial charge in [-0.1, -0.05) is 55.4 Å². The van der Waals surface area contributed by atoms with Crippen molar-refractivity contribution in [1.29, 1.82) is 0 Å². The molecule has 0 radical (unpaired) electrons. The van der Waals surface area contributed by atoms with Crippen molar-refractivity contribution in [3.05, 3.63) is 52.5 Å². The number of thioether (sulfide) groups is 1. The number of aryl methyl sites for hydroxylation is 2. The zero-order valence-electron chi connectivity index (χ0n) is 16.0. The highest BCUT2D eigenvalue weighted by Crippen LogP contribution is 2.29. The maximum absolute atomic E-state index is 12.5. The first kappa shape index (κ1) is 19.8. The number of hydrogen-bond donors (Lipinski definition) is 1. The molecule has 1 amide bonds. The first-order valence-electron chi connectivity index (χ1n) is 9.00. The minimum Gasteiger partial charge on any atom is -0.324 e. The van der Waals surface area contributed by atoms with E-state index in [1.807, 2.05) is 44.2 Å². The molecule has 0 aliphatic rings. The molecule has 27 heavy (non-hydrogen) atoms. The molecule has 0 saturated carbocycles. The van der Waals surface area contributed by atoms with Gasteiger partial charge in [0.25, 0.3) is 0 Å². The molecule has 6 heteroatoms. The Labute approximate surface area is 169 Å². The van der Waals surface area contributed by atoms with Crippen LogP contribution in [0.15, 0.2) is 41.6 Å². The van der Waals surface area contributed by atoms with E-state index in [2.05, 4.69) is 29.8 Å². The zero-order chi connectivity index (χ0) is 19.6. The number of hydrogen-bond acceptors (Lipinski definition) is 3. The maximum atomic E-state index is 12.5. The van der Waals surface area contributed by atoms with E-state index in [1.54, 1.807) is 0 Å². The Morgan fingerprint density at radius 3 is 2.70 bits per heavy atom. The molecule has 1 heterocycles. The second kappa shape index (κ2) is 8.36. The summed E-state index contributed by atoms with van der Waals surface area (Å²) in [5.41, 5.74) is 4.78. The fraction of sp³-hybridized carbons (Fsp3) is 0.333. The van der Waals surface area contributed by atoms with Crippen LogP contribution in [0.25, 0.3) is 11.0 Å². The lowest BCUT2D eigenvalue weighted by Gasteiger charge is -2.13. The molecule has 0 saturated heterocycles. The number of anilines is 1. The molecule has 0 spiro atoms. The van der Waals surface area contributed by atoms with Gasteiger partial charge in [0.15, 0.2) is 5.16 Å². The molecule has 0 aliphatic carbocycles. The monoisotopic (exact) mass is 401 g/mol. The summed E-state index contributed by atoms with van der Waals surface area (Å²) in [6.45, 7) is 9.16. The van der Waals surface area contributed by atoms with Crippen LogP contribution in [-0.4, -0.2) is 21.2 Å². The van der Waals surface area contributed by atoms with Crippen LogP contribution in [0.3, 0.4) is 0 Å². The van der Waals surface area contributed by atoms with Crippen molar-refractivity contribution in [2.45, 2.75) is 39.4 Å². The second-order valence-electron chi connectivity index (χ2n) is 7.16. The van der Waals surface area contributed by atoms with Gasteiger partial charge < -0.3 is 9.88 Å². The van der Waals surface area contributed by atoms with Crippen LogP contribution in [0, 0.1) is 19.8 Å². The summed E-state index contributed by atoms with van der Waals surface area (Å²) in [4.78, 5) is 17.2. The van der Waals surface area contributed by atoms with Crippen LogP contribution in [0.1, 0.15) is 25.0 Å². The number of aromatic nitrogens is 2. The van der Waals surface area contributed by atoms with Gasteiger partial charge in [-0.2, -0.15) is 0 Å². The van der Waals surface area contributed by atoms with Crippen molar-refractivity contribution in [2.75, 3.05) is 11.1 Å². The van der Waals surface area contributed by atoms with Crippen molar-refractivity contribution in [3.63, 3.8) is 0 Å². The molecule has 2 aromatic carbocycles. The summed E-state index contributed by atoms with van der Waals surface area (Å²) in [6.07, 6.45) is 0. The van der Waals surface area contributed by atoms with Gasteiger partial charge in [0.05, 0.1) is 27.5 Å². The van der Waals surface area contributed by atoms with E-state index in [4.69, 9.17) is 16.6 Å². The smallest absolute Gasteiger partial charge is 0.234 e. The number of amides is 1. The van der Waals surface area contributed by atoms with Gasteiger partial charge >= 0.3 is 0 Å². The SMILES string of the molecule is Cc1cc(C)c(NC(=O)CSc2nc3ccccc3n2CC(C)C)c(Cl)c1. The molecule has 3 aromatic rings. The first-order chi connectivity index (χ1) is 12.8. The van der Waals surface area contributed by atoms with E-state index in [-0.39, 0.29) is 11.7 Å². The number of nitrogens with zero attached hydrogens (tertiary/aromatic N) is 2. The standard InChI is InChI=1S/C21H24ClN3OS/c1-13(2)11-25-18-8-6-5-7-17(18)23-21(25)27-12-19(26)24-20-15(4)9-14(3)10-16(20)22/h5-10,13H,11-12H2,1-4H3,(H,24,26). The van der Waals surface area contributed by atoms with Gasteiger partial charge in [0.1, 0.15) is 0 Å². The van der Waals surface area contributed by atoms with E-state index >= 15 is 0 Å². The third kappa shape index (κ3) is 4.66. The van der Waals surface area contributed by atoms with Crippen LogP contribution < -0.4 is 5.32 Å². The molecular formula is C21H24ClN3OS. The highest BCUT2D eigenvalue weighted by Gasteiger charge is 2.15. The topological polar surface area (TPSA) is 46.9 Å². The van der Waals surface area contributed by atoms with Crippen molar-refractivity contribution in [1.82, 2.24) is 9.55 Å². The molecule has 0 bridgehead atoms. The van der Waals surface area contributed by atoms with E-state index in [9.17, 15) is 4.79 Å². The van der Waals surface area contributed by atoms with E-state index in [0.29, 0.717) is 16.6 Å². The minimum absolute atomic E-state index is 0.0861. The number of carbonyl (C=O) groups excluding carboxylic acids is 1. The van der Waals surface area contributed by atoms with Crippen LogP contribution in [0.2, 0.25) is 5.02 Å². The third-order valence-electron chi connectivity index (χ3n) is 4.20. The highest BCUT2D eigenvalue weighted by atomic mass is 35.5. The van der Waals surface area contributed by atoms with Crippen molar-refractivity contribution >= 4 is 46.0 Å². The second-order valence-corrected chi connectivity index (χ2v) is 8.51. The molecular weight excluding hydrogens is 378 g/mol. The number of para-hydroxylation sites is 2. The predicted molar refractivity (Wildman–Crippen MR) is 115 cm³/mol. The van der Waals surface area contributed by atoms with Crippen molar-refractivity contribution < 1.29 is 4.79 Å². The lowest BCUT2D eigenvalue weighted by atomic mass is 10.1.